The average Bonchev–Trinajstić information content (AvgIpc) is 3.51. The minimum atomic E-state index is -4.03. The number of ether oxygens (including phenoxy) is 1. The second-order valence-corrected chi connectivity index (χ2v) is 14.8. The monoisotopic (exact) mass is 664 g/mol. The van der Waals surface area contributed by atoms with Crippen molar-refractivity contribution in [2.24, 2.45) is 11.8 Å². The molecule has 3 aromatic rings. The van der Waals surface area contributed by atoms with Crippen LogP contribution in [0, 0.1) is 11.8 Å². The Morgan fingerprint density at radius 1 is 0.894 bits per heavy atom. The maximum atomic E-state index is 14.1. The molecule has 1 heterocycles. The number of hydrogen-bond donors (Lipinski definition) is 3. The van der Waals surface area contributed by atoms with Gasteiger partial charge in [0.15, 0.2) is 0 Å². The molecule has 3 aromatic carbocycles. The standard InChI is InChI=1S/C36H48N4O6S/c1-26(2)19-36(43)40(38-35(42)23-37-22-29-13-9-6-10-14-29)32(20-28-11-7-5-8-12-28)33(41)25-39(24-27(3)4)47(44,45)31-15-16-34-30(21-31)17-18-46-34/h5-16,21,26-27,32-33,37,41H,17-20,22-25H2,1-4H3,(H,38,42)/t32-,33+/m0/s1. The summed E-state index contributed by atoms with van der Waals surface area (Å²) in [5.41, 5.74) is 5.42. The molecule has 11 heteroatoms. The Balaban J connectivity index is 1.62. The van der Waals surface area contributed by atoms with E-state index in [1.807, 2.05) is 88.4 Å². The first kappa shape index (κ1) is 36.1. The molecule has 0 aliphatic carbocycles. The van der Waals surface area contributed by atoms with E-state index < -0.39 is 28.1 Å². The second kappa shape index (κ2) is 16.9. The minimum absolute atomic E-state index is 0.0192. The number of rotatable bonds is 16. The number of carbonyl (C=O) groups excluding carboxylic acids is 2. The number of amides is 2. The minimum Gasteiger partial charge on any atom is -0.493 e. The summed E-state index contributed by atoms with van der Waals surface area (Å²) in [7, 11) is -4.03. The van der Waals surface area contributed by atoms with E-state index in [0.29, 0.717) is 25.3 Å². The molecule has 1 aliphatic heterocycles. The number of aliphatic hydroxyl groups excluding tert-OH is 1. The van der Waals surface area contributed by atoms with Gasteiger partial charge >= 0.3 is 0 Å². The van der Waals surface area contributed by atoms with Crippen LogP contribution >= 0.6 is 0 Å². The second-order valence-electron chi connectivity index (χ2n) is 12.9. The Morgan fingerprint density at radius 3 is 2.19 bits per heavy atom. The van der Waals surface area contributed by atoms with Crippen LogP contribution in [0.25, 0.3) is 0 Å². The molecule has 2 amide bonds. The molecule has 0 fully saturated rings. The van der Waals surface area contributed by atoms with Crippen molar-refractivity contribution < 1.29 is 27.9 Å². The first-order valence-corrected chi connectivity index (χ1v) is 17.7. The van der Waals surface area contributed by atoms with E-state index in [-0.39, 0.29) is 55.1 Å². The van der Waals surface area contributed by atoms with Crippen molar-refractivity contribution >= 4 is 21.8 Å². The van der Waals surface area contributed by atoms with E-state index in [1.54, 1.807) is 12.1 Å². The summed E-state index contributed by atoms with van der Waals surface area (Å²) in [6.07, 6.45) is -0.400. The van der Waals surface area contributed by atoms with Gasteiger partial charge in [-0.2, -0.15) is 4.31 Å². The van der Waals surface area contributed by atoms with Crippen LogP contribution in [0.4, 0.5) is 0 Å². The zero-order valence-electron chi connectivity index (χ0n) is 27.8. The van der Waals surface area contributed by atoms with Crippen LogP contribution in [0.1, 0.15) is 50.8 Å². The van der Waals surface area contributed by atoms with Crippen molar-refractivity contribution in [3.8, 4) is 5.75 Å². The summed E-state index contributed by atoms with van der Waals surface area (Å²) >= 11 is 0. The van der Waals surface area contributed by atoms with Crippen molar-refractivity contribution in [2.75, 3.05) is 26.2 Å². The molecule has 0 saturated carbocycles. The third-order valence-electron chi connectivity index (χ3n) is 7.88. The van der Waals surface area contributed by atoms with Crippen LogP contribution in [-0.4, -0.2) is 73.0 Å². The summed E-state index contributed by atoms with van der Waals surface area (Å²) in [5, 5.41) is 16.2. The lowest BCUT2D eigenvalue weighted by atomic mass is 9.99. The van der Waals surface area contributed by atoms with Gasteiger partial charge < -0.3 is 15.2 Å². The third-order valence-corrected chi connectivity index (χ3v) is 9.70. The van der Waals surface area contributed by atoms with Gasteiger partial charge in [0.1, 0.15) is 5.75 Å². The lowest BCUT2D eigenvalue weighted by Crippen LogP contribution is -2.60. The van der Waals surface area contributed by atoms with Crippen molar-refractivity contribution in [3.63, 3.8) is 0 Å². The fourth-order valence-corrected chi connectivity index (χ4v) is 7.28. The first-order valence-electron chi connectivity index (χ1n) is 16.3. The van der Waals surface area contributed by atoms with Crippen LogP contribution < -0.4 is 15.5 Å². The van der Waals surface area contributed by atoms with Gasteiger partial charge in [-0.3, -0.25) is 15.0 Å². The van der Waals surface area contributed by atoms with Crippen LogP contribution in [0.2, 0.25) is 0 Å². The number of nitrogens with zero attached hydrogens (tertiary/aromatic N) is 2. The Labute approximate surface area is 279 Å². The average molecular weight is 665 g/mol. The fourth-order valence-electron chi connectivity index (χ4n) is 5.60. The molecule has 0 unspecified atom stereocenters. The van der Waals surface area contributed by atoms with Gasteiger partial charge in [-0.25, -0.2) is 13.4 Å². The summed E-state index contributed by atoms with van der Waals surface area (Å²) in [5.74, 6) is -0.204. The largest absolute Gasteiger partial charge is 0.493 e. The van der Waals surface area contributed by atoms with Gasteiger partial charge in [-0.1, -0.05) is 88.4 Å². The number of carbonyl (C=O) groups is 2. The zero-order chi connectivity index (χ0) is 34.0. The molecule has 3 N–H and O–H groups in total. The van der Waals surface area contributed by atoms with E-state index in [9.17, 15) is 23.1 Å². The van der Waals surface area contributed by atoms with E-state index >= 15 is 0 Å². The Bertz CT molecular complexity index is 1570. The van der Waals surface area contributed by atoms with Gasteiger partial charge in [0, 0.05) is 32.5 Å². The highest BCUT2D eigenvalue weighted by molar-refractivity contribution is 7.89. The molecule has 4 rings (SSSR count). The SMILES string of the molecule is CC(C)CC(=O)N(NC(=O)CNCc1ccccc1)[C@@H](Cc1ccccc1)[C@H](O)CN(CC(C)C)S(=O)(=O)c1ccc2c(c1)CCO2. The van der Waals surface area contributed by atoms with Crippen molar-refractivity contribution in [3.05, 3.63) is 95.6 Å². The first-order chi connectivity index (χ1) is 22.4. The normalized spacial score (nSPS) is 14.1. The molecule has 0 spiro atoms. The molecular weight excluding hydrogens is 616 g/mol. The number of benzene rings is 3. The summed E-state index contributed by atoms with van der Waals surface area (Å²) < 4.78 is 35.0. The van der Waals surface area contributed by atoms with Gasteiger partial charge in [0.2, 0.25) is 15.9 Å². The molecule has 10 nitrogen and oxygen atoms in total. The van der Waals surface area contributed by atoms with Gasteiger partial charge in [0.05, 0.1) is 30.2 Å². The Kier molecular flexibility index (Phi) is 12.9. The molecule has 0 bridgehead atoms. The van der Waals surface area contributed by atoms with E-state index in [2.05, 4.69) is 10.7 Å². The lowest BCUT2D eigenvalue weighted by molar-refractivity contribution is -0.148. The third kappa shape index (κ3) is 10.4. The number of hydrogen-bond acceptors (Lipinski definition) is 7. The van der Waals surface area contributed by atoms with E-state index in [1.165, 1.54) is 15.4 Å². The molecule has 1 aliphatic rings. The smallest absolute Gasteiger partial charge is 0.252 e. The number of sulfonamides is 1. The van der Waals surface area contributed by atoms with Crippen molar-refractivity contribution in [2.45, 2.75) is 70.5 Å². The van der Waals surface area contributed by atoms with Gasteiger partial charge in [-0.15, -0.1) is 0 Å². The summed E-state index contributed by atoms with van der Waals surface area (Å²) in [6.45, 7) is 8.40. The van der Waals surface area contributed by atoms with Crippen LogP contribution in [0.3, 0.4) is 0 Å². The molecule has 2 atom stereocenters. The maximum Gasteiger partial charge on any atom is 0.252 e. The van der Waals surface area contributed by atoms with Crippen LogP contribution in [0.15, 0.2) is 83.8 Å². The lowest BCUT2D eigenvalue weighted by Gasteiger charge is -2.37. The van der Waals surface area contributed by atoms with Gasteiger partial charge in [0.25, 0.3) is 5.91 Å². The molecule has 254 valence electrons. The van der Waals surface area contributed by atoms with E-state index in [0.717, 1.165) is 16.7 Å². The molecule has 0 aromatic heterocycles. The highest BCUT2D eigenvalue weighted by Gasteiger charge is 2.36. The predicted molar refractivity (Wildman–Crippen MR) is 182 cm³/mol. The Hall–Kier alpha value is -3.77. The van der Waals surface area contributed by atoms with Gasteiger partial charge in [-0.05, 0) is 53.1 Å². The molecule has 47 heavy (non-hydrogen) atoms. The fraction of sp³-hybridized carbons (Fsp3) is 0.444. The predicted octanol–water partition coefficient (Wildman–Crippen LogP) is 3.94. The van der Waals surface area contributed by atoms with Crippen LogP contribution in [-0.2, 0) is 39.0 Å². The topological polar surface area (TPSA) is 128 Å². The molecular formula is C36H48N4O6S. The summed E-state index contributed by atoms with van der Waals surface area (Å²) in [6, 6.07) is 22.9. The van der Waals surface area contributed by atoms with Crippen LogP contribution in [0.5, 0.6) is 5.75 Å². The highest BCUT2D eigenvalue weighted by Crippen LogP contribution is 2.29. The number of fused-ring (bicyclic) bond motifs is 1. The summed E-state index contributed by atoms with van der Waals surface area (Å²) in [4.78, 5) is 27.1. The van der Waals surface area contributed by atoms with Crippen molar-refractivity contribution in [1.29, 1.82) is 0 Å². The van der Waals surface area contributed by atoms with Crippen molar-refractivity contribution in [1.82, 2.24) is 20.1 Å². The molecule has 0 radical (unpaired) electrons. The Morgan fingerprint density at radius 2 is 1.55 bits per heavy atom. The number of nitrogens with one attached hydrogen (secondary N) is 2. The quantitative estimate of drug-likeness (QED) is 0.198. The number of aliphatic hydroxyl groups is 1. The highest BCUT2D eigenvalue weighted by atomic mass is 32.2. The zero-order valence-corrected chi connectivity index (χ0v) is 28.6. The maximum absolute atomic E-state index is 14.1. The molecule has 0 saturated heterocycles. The number of hydrazine groups is 1. The van der Waals surface area contributed by atoms with E-state index in [4.69, 9.17) is 4.74 Å².